The number of benzene rings is 1. The molecule has 0 atom stereocenters. The molecule has 1 heterocycles. The number of sulfone groups is 1. The van der Waals surface area contributed by atoms with Crippen LogP contribution in [0.4, 0.5) is 10.1 Å². The number of hydrogen-bond donors (Lipinski definition) is 0. The lowest BCUT2D eigenvalue weighted by atomic mass is 10.3. The van der Waals surface area contributed by atoms with Crippen LogP contribution in [-0.2, 0) is 9.84 Å². The van der Waals surface area contributed by atoms with Crippen LogP contribution in [0.3, 0.4) is 0 Å². The van der Waals surface area contributed by atoms with Crippen LogP contribution in [0.15, 0.2) is 24.3 Å². The van der Waals surface area contributed by atoms with Gasteiger partial charge in [0.1, 0.15) is 5.82 Å². The van der Waals surface area contributed by atoms with Crippen molar-refractivity contribution >= 4 is 15.5 Å². The highest BCUT2D eigenvalue weighted by atomic mass is 32.2. The summed E-state index contributed by atoms with van der Waals surface area (Å²) in [6, 6.07) is 6.23. The van der Waals surface area contributed by atoms with Crippen molar-refractivity contribution in [3.63, 3.8) is 0 Å². The first-order valence-corrected chi connectivity index (χ1v) is 6.60. The number of anilines is 1. The SMILES string of the molecule is O=S1(=O)CCN(c2cccc(F)c2)CC1. The molecule has 0 saturated carbocycles. The van der Waals surface area contributed by atoms with Gasteiger partial charge in [-0.3, -0.25) is 0 Å². The van der Waals surface area contributed by atoms with Crippen molar-refractivity contribution in [2.24, 2.45) is 0 Å². The van der Waals surface area contributed by atoms with Crippen LogP contribution < -0.4 is 4.90 Å². The number of halogens is 1. The summed E-state index contributed by atoms with van der Waals surface area (Å²) in [5.74, 6) is 0.0217. The van der Waals surface area contributed by atoms with Crippen molar-refractivity contribution in [1.29, 1.82) is 0 Å². The Morgan fingerprint density at radius 2 is 1.87 bits per heavy atom. The summed E-state index contributed by atoms with van der Waals surface area (Å²) in [7, 11) is -2.87. The zero-order chi connectivity index (χ0) is 10.9. The zero-order valence-corrected chi connectivity index (χ0v) is 9.00. The number of nitrogens with zero attached hydrogens (tertiary/aromatic N) is 1. The highest BCUT2D eigenvalue weighted by molar-refractivity contribution is 7.91. The first-order valence-electron chi connectivity index (χ1n) is 4.78. The molecule has 1 aliphatic heterocycles. The van der Waals surface area contributed by atoms with Gasteiger partial charge in [0.15, 0.2) is 9.84 Å². The molecule has 0 aliphatic carbocycles. The molecule has 0 spiro atoms. The largest absolute Gasteiger partial charge is 0.369 e. The molecular weight excluding hydrogens is 217 g/mol. The average Bonchev–Trinajstić information content (AvgIpc) is 2.17. The van der Waals surface area contributed by atoms with Crippen LogP contribution in [-0.4, -0.2) is 33.0 Å². The number of hydrogen-bond acceptors (Lipinski definition) is 3. The van der Waals surface area contributed by atoms with Crippen LogP contribution in [0.5, 0.6) is 0 Å². The van der Waals surface area contributed by atoms with Crippen LogP contribution in [0, 0.1) is 5.82 Å². The second-order valence-corrected chi connectivity index (χ2v) is 5.92. The molecule has 0 N–H and O–H groups in total. The van der Waals surface area contributed by atoms with E-state index in [1.54, 1.807) is 12.1 Å². The smallest absolute Gasteiger partial charge is 0.153 e. The summed E-state index contributed by atoms with van der Waals surface area (Å²) >= 11 is 0. The van der Waals surface area contributed by atoms with E-state index in [0.29, 0.717) is 13.1 Å². The van der Waals surface area contributed by atoms with Gasteiger partial charge >= 0.3 is 0 Å². The lowest BCUT2D eigenvalue weighted by Crippen LogP contribution is -2.40. The third-order valence-corrected chi connectivity index (χ3v) is 4.13. The van der Waals surface area contributed by atoms with Crippen molar-refractivity contribution in [2.45, 2.75) is 0 Å². The molecule has 3 nitrogen and oxygen atoms in total. The maximum Gasteiger partial charge on any atom is 0.153 e. The maximum absolute atomic E-state index is 12.9. The molecule has 1 saturated heterocycles. The summed E-state index contributed by atoms with van der Waals surface area (Å²) < 4.78 is 35.3. The second-order valence-electron chi connectivity index (χ2n) is 3.62. The van der Waals surface area contributed by atoms with E-state index in [1.807, 2.05) is 4.90 Å². The molecule has 82 valence electrons. The molecule has 0 amide bonds. The standard InChI is InChI=1S/C10H12FNO2S/c11-9-2-1-3-10(8-9)12-4-6-15(13,14)7-5-12/h1-3,8H,4-7H2. The van der Waals surface area contributed by atoms with Gasteiger partial charge in [-0.25, -0.2) is 12.8 Å². The summed E-state index contributed by atoms with van der Waals surface area (Å²) in [5.41, 5.74) is 0.755. The van der Waals surface area contributed by atoms with Crippen LogP contribution >= 0.6 is 0 Å². The van der Waals surface area contributed by atoms with Gasteiger partial charge in [0.2, 0.25) is 0 Å². The van der Waals surface area contributed by atoms with Gasteiger partial charge in [-0.15, -0.1) is 0 Å². The summed E-state index contributed by atoms with van der Waals surface area (Å²) in [6.45, 7) is 0.900. The minimum Gasteiger partial charge on any atom is -0.369 e. The Bertz CT molecular complexity index is 444. The monoisotopic (exact) mass is 229 g/mol. The summed E-state index contributed by atoms with van der Waals surface area (Å²) in [6.07, 6.45) is 0. The summed E-state index contributed by atoms with van der Waals surface area (Å²) in [4.78, 5) is 1.89. The first kappa shape index (κ1) is 10.4. The van der Waals surface area contributed by atoms with Gasteiger partial charge in [0.05, 0.1) is 11.5 Å². The van der Waals surface area contributed by atoms with Gasteiger partial charge in [0, 0.05) is 18.8 Å². The van der Waals surface area contributed by atoms with E-state index in [-0.39, 0.29) is 17.3 Å². The third kappa shape index (κ3) is 2.47. The molecule has 5 heteroatoms. The summed E-state index contributed by atoms with van der Waals surface area (Å²) in [5, 5.41) is 0. The van der Waals surface area contributed by atoms with Gasteiger partial charge < -0.3 is 4.90 Å². The maximum atomic E-state index is 12.9. The Morgan fingerprint density at radius 3 is 2.47 bits per heavy atom. The fraction of sp³-hybridized carbons (Fsp3) is 0.400. The van der Waals surface area contributed by atoms with E-state index in [4.69, 9.17) is 0 Å². The molecular formula is C10H12FNO2S. The Balaban J connectivity index is 2.14. The second kappa shape index (κ2) is 3.81. The van der Waals surface area contributed by atoms with Gasteiger partial charge in [0.25, 0.3) is 0 Å². The highest BCUT2D eigenvalue weighted by Crippen LogP contribution is 2.17. The van der Waals surface area contributed by atoms with E-state index in [9.17, 15) is 12.8 Å². The molecule has 0 bridgehead atoms. The van der Waals surface area contributed by atoms with Crippen molar-refractivity contribution < 1.29 is 12.8 Å². The molecule has 1 fully saturated rings. The normalized spacial score (nSPS) is 20.2. The van der Waals surface area contributed by atoms with Crippen molar-refractivity contribution in [3.8, 4) is 0 Å². The third-order valence-electron chi connectivity index (χ3n) is 2.52. The van der Waals surface area contributed by atoms with E-state index in [1.165, 1.54) is 12.1 Å². The predicted molar refractivity (Wildman–Crippen MR) is 57.3 cm³/mol. The molecule has 2 rings (SSSR count). The van der Waals surface area contributed by atoms with E-state index < -0.39 is 9.84 Å². The Hall–Kier alpha value is -1.10. The van der Waals surface area contributed by atoms with Crippen LogP contribution in [0.25, 0.3) is 0 Å². The first-order chi connectivity index (χ1) is 7.07. The topological polar surface area (TPSA) is 37.4 Å². The molecule has 15 heavy (non-hydrogen) atoms. The fourth-order valence-corrected chi connectivity index (χ4v) is 2.84. The molecule has 0 radical (unpaired) electrons. The zero-order valence-electron chi connectivity index (χ0n) is 8.19. The minimum absolute atomic E-state index is 0.156. The van der Waals surface area contributed by atoms with Crippen LogP contribution in [0.1, 0.15) is 0 Å². The van der Waals surface area contributed by atoms with Crippen molar-refractivity contribution in [1.82, 2.24) is 0 Å². The van der Waals surface area contributed by atoms with Crippen LogP contribution in [0.2, 0.25) is 0 Å². The van der Waals surface area contributed by atoms with Crippen molar-refractivity contribution in [3.05, 3.63) is 30.1 Å². The highest BCUT2D eigenvalue weighted by Gasteiger charge is 2.21. The van der Waals surface area contributed by atoms with Gasteiger partial charge in [-0.05, 0) is 18.2 Å². The predicted octanol–water partition coefficient (Wildman–Crippen LogP) is 1.06. The molecule has 1 aromatic carbocycles. The minimum atomic E-state index is -2.87. The Morgan fingerprint density at radius 1 is 1.20 bits per heavy atom. The average molecular weight is 229 g/mol. The molecule has 1 aliphatic rings. The lowest BCUT2D eigenvalue weighted by molar-refractivity contribution is 0.586. The number of rotatable bonds is 1. The van der Waals surface area contributed by atoms with E-state index in [0.717, 1.165) is 5.69 Å². The quantitative estimate of drug-likeness (QED) is 0.722. The molecule has 0 unspecified atom stereocenters. The molecule has 0 aromatic heterocycles. The lowest BCUT2D eigenvalue weighted by Gasteiger charge is -2.28. The van der Waals surface area contributed by atoms with Gasteiger partial charge in [-0.2, -0.15) is 0 Å². The van der Waals surface area contributed by atoms with Crippen molar-refractivity contribution in [2.75, 3.05) is 29.5 Å². The van der Waals surface area contributed by atoms with Gasteiger partial charge in [-0.1, -0.05) is 6.07 Å². The Labute approximate surface area is 88.4 Å². The van der Waals surface area contributed by atoms with E-state index >= 15 is 0 Å². The molecule has 1 aromatic rings. The Kier molecular flexibility index (Phi) is 2.65. The van der Waals surface area contributed by atoms with E-state index in [2.05, 4.69) is 0 Å². The fourth-order valence-electron chi connectivity index (χ4n) is 1.64.